The first kappa shape index (κ1) is 13.9. The van der Waals surface area contributed by atoms with Crippen molar-refractivity contribution in [2.75, 3.05) is 38.1 Å². The summed E-state index contributed by atoms with van der Waals surface area (Å²) in [4.78, 5) is 4.95. The molecule has 0 spiro atoms. The minimum absolute atomic E-state index is 0.790. The number of likely N-dealkylation sites (N-methyl/N-ethyl adjacent to an activating group) is 1. The summed E-state index contributed by atoms with van der Waals surface area (Å²) in [6.07, 6.45) is 5.48. The van der Waals surface area contributed by atoms with E-state index in [1.54, 1.807) is 0 Å². The number of nitrogens with zero attached hydrogens (tertiary/aromatic N) is 2. The number of hydrogen-bond donors (Lipinski definition) is 1. The maximum atomic E-state index is 3.56. The fraction of sp³-hybridized carbons (Fsp3) is 0.647. The van der Waals surface area contributed by atoms with Crippen LogP contribution in [0.1, 0.15) is 31.2 Å². The van der Waals surface area contributed by atoms with Crippen molar-refractivity contribution in [1.82, 2.24) is 10.2 Å². The van der Waals surface area contributed by atoms with Gasteiger partial charge in [0.15, 0.2) is 0 Å². The van der Waals surface area contributed by atoms with Gasteiger partial charge in [-0.1, -0.05) is 12.1 Å². The molecule has 0 unspecified atom stereocenters. The lowest BCUT2D eigenvalue weighted by Gasteiger charge is -2.23. The molecule has 20 heavy (non-hydrogen) atoms. The summed E-state index contributed by atoms with van der Waals surface area (Å²) in [6, 6.07) is 9.83. The predicted octanol–water partition coefficient (Wildman–Crippen LogP) is 2.47. The highest BCUT2D eigenvalue weighted by Crippen LogP contribution is 2.20. The van der Waals surface area contributed by atoms with Crippen LogP contribution in [0.5, 0.6) is 0 Å². The first-order chi connectivity index (χ1) is 9.81. The molecule has 1 N–H and O–H groups in total. The normalized spacial score (nSPS) is 19.4. The molecular formula is C17H27N3. The fourth-order valence-electron chi connectivity index (χ4n) is 2.84. The van der Waals surface area contributed by atoms with Gasteiger partial charge in [-0.2, -0.15) is 0 Å². The SMILES string of the molecule is CN(CCN1CCCC1)c1ccc(CNC2CC2)cc1. The van der Waals surface area contributed by atoms with E-state index < -0.39 is 0 Å². The number of likely N-dealkylation sites (tertiary alicyclic amines) is 1. The lowest BCUT2D eigenvalue weighted by molar-refractivity contribution is 0.346. The van der Waals surface area contributed by atoms with E-state index in [0.29, 0.717) is 0 Å². The van der Waals surface area contributed by atoms with Gasteiger partial charge in [0.25, 0.3) is 0 Å². The van der Waals surface area contributed by atoms with E-state index in [1.165, 1.54) is 56.6 Å². The van der Waals surface area contributed by atoms with Crippen molar-refractivity contribution in [3.05, 3.63) is 29.8 Å². The Hall–Kier alpha value is -1.06. The van der Waals surface area contributed by atoms with Gasteiger partial charge in [0.2, 0.25) is 0 Å². The van der Waals surface area contributed by atoms with Crippen LogP contribution in [0.3, 0.4) is 0 Å². The first-order valence-corrected chi connectivity index (χ1v) is 8.07. The van der Waals surface area contributed by atoms with Gasteiger partial charge in [-0.05, 0) is 56.5 Å². The van der Waals surface area contributed by atoms with Crippen molar-refractivity contribution in [1.29, 1.82) is 0 Å². The molecule has 2 aliphatic rings. The molecule has 1 saturated carbocycles. The largest absolute Gasteiger partial charge is 0.373 e. The third kappa shape index (κ3) is 3.97. The number of benzene rings is 1. The van der Waals surface area contributed by atoms with Crippen molar-refractivity contribution in [2.24, 2.45) is 0 Å². The lowest BCUT2D eigenvalue weighted by atomic mass is 10.2. The fourth-order valence-corrected chi connectivity index (χ4v) is 2.84. The highest BCUT2D eigenvalue weighted by molar-refractivity contribution is 5.46. The average molecular weight is 273 g/mol. The molecule has 3 rings (SSSR count). The van der Waals surface area contributed by atoms with Gasteiger partial charge in [-0.15, -0.1) is 0 Å². The van der Waals surface area contributed by atoms with E-state index in [0.717, 1.165) is 19.1 Å². The topological polar surface area (TPSA) is 18.5 Å². The van der Waals surface area contributed by atoms with Gasteiger partial charge in [0, 0.05) is 38.4 Å². The van der Waals surface area contributed by atoms with Crippen LogP contribution in [0, 0.1) is 0 Å². The quantitative estimate of drug-likeness (QED) is 0.823. The molecule has 110 valence electrons. The zero-order valence-electron chi connectivity index (χ0n) is 12.6. The van der Waals surface area contributed by atoms with E-state index in [1.807, 2.05) is 0 Å². The Labute approximate surface area is 123 Å². The Morgan fingerprint density at radius 2 is 1.85 bits per heavy atom. The standard InChI is InChI=1S/C17H27N3/c1-19(12-13-20-10-2-3-11-20)17-8-4-15(5-9-17)14-18-16-6-7-16/h4-5,8-9,16,18H,2-3,6-7,10-14H2,1H3. The predicted molar refractivity (Wildman–Crippen MR) is 85.2 cm³/mol. The minimum atomic E-state index is 0.790. The molecule has 2 fully saturated rings. The molecule has 1 aromatic carbocycles. The highest BCUT2D eigenvalue weighted by Gasteiger charge is 2.19. The highest BCUT2D eigenvalue weighted by atomic mass is 15.2. The lowest BCUT2D eigenvalue weighted by Crippen LogP contribution is -2.31. The van der Waals surface area contributed by atoms with E-state index in [-0.39, 0.29) is 0 Å². The molecule has 0 radical (unpaired) electrons. The smallest absolute Gasteiger partial charge is 0.0364 e. The first-order valence-electron chi connectivity index (χ1n) is 8.07. The third-order valence-corrected chi connectivity index (χ3v) is 4.50. The summed E-state index contributed by atoms with van der Waals surface area (Å²) < 4.78 is 0. The summed E-state index contributed by atoms with van der Waals surface area (Å²) in [6.45, 7) is 5.92. The van der Waals surface area contributed by atoms with Crippen LogP contribution in [-0.4, -0.2) is 44.2 Å². The van der Waals surface area contributed by atoms with Crippen molar-refractivity contribution < 1.29 is 0 Å². The summed E-state index contributed by atoms with van der Waals surface area (Å²) in [5, 5.41) is 3.56. The van der Waals surface area contributed by atoms with Gasteiger partial charge >= 0.3 is 0 Å². The van der Waals surface area contributed by atoms with Crippen LogP contribution in [0.15, 0.2) is 24.3 Å². The molecule has 3 heteroatoms. The zero-order valence-corrected chi connectivity index (χ0v) is 12.6. The van der Waals surface area contributed by atoms with Crippen LogP contribution in [0.2, 0.25) is 0 Å². The van der Waals surface area contributed by atoms with Crippen molar-refractivity contribution in [3.63, 3.8) is 0 Å². The van der Waals surface area contributed by atoms with Crippen LogP contribution in [-0.2, 0) is 6.54 Å². The second kappa shape index (κ2) is 6.59. The molecule has 0 bridgehead atoms. The molecule has 3 nitrogen and oxygen atoms in total. The van der Waals surface area contributed by atoms with Gasteiger partial charge in [-0.25, -0.2) is 0 Å². The molecule has 1 aromatic rings. The minimum Gasteiger partial charge on any atom is -0.373 e. The summed E-state index contributed by atoms with van der Waals surface area (Å²) in [7, 11) is 2.20. The van der Waals surface area contributed by atoms with E-state index in [2.05, 4.69) is 46.4 Å². The van der Waals surface area contributed by atoms with Crippen LogP contribution in [0.25, 0.3) is 0 Å². The second-order valence-electron chi connectivity index (χ2n) is 6.29. The van der Waals surface area contributed by atoms with Gasteiger partial charge in [0.05, 0.1) is 0 Å². The van der Waals surface area contributed by atoms with Crippen molar-refractivity contribution in [3.8, 4) is 0 Å². The Bertz CT molecular complexity index is 405. The van der Waals surface area contributed by atoms with Crippen molar-refractivity contribution >= 4 is 5.69 Å². The van der Waals surface area contributed by atoms with Gasteiger partial charge in [-0.3, -0.25) is 0 Å². The van der Waals surface area contributed by atoms with Crippen molar-refractivity contribution in [2.45, 2.75) is 38.3 Å². The molecular weight excluding hydrogens is 246 g/mol. The van der Waals surface area contributed by atoms with Crippen LogP contribution < -0.4 is 10.2 Å². The molecule has 1 saturated heterocycles. The Balaban J connectivity index is 1.45. The maximum Gasteiger partial charge on any atom is 0.0364 e. The van der Waals surface area contributed by atoms with E-state index in [9.17, 15) is 0 Å². The Morgan fingerprint density at radius 1 is 1.15 bits per heavy atom. The summed E-state index contributed by atoms with van der Waals surface area (Å²) in [5.41, 5.74) is 2.73. The molecule has 0 aromatic heterocycles. The average Bonchev–Trinajstić information content (AvgIpc) is 3.17. The van der Waals surface area contributed by atoms with E-state index in [4.69, 9.17) is 0 Å². The number of rotatable bonds is 7. The summed E-state index contributed by atoms with van der Waals surface area (Å²) >= 11 is 0. The molecule has 0 amide bonds. The number of nitrogens with one attached hydrogen (secondary N) is 1. The van der Waals surface area contributed by atoms with E-state index >= 15 is 0 Å². The zero-order chi connectivity index (χ0) is 13.8. The van der Waals surface area contributed by atoms with Gasteiger partial charge in [0.1, 0.15) is 0 Å². The number of hydrogen-bond acceptors (Lipinski definition) is 3. The third-order valence-electron chi connectivity index (χ3n) is 4.50. The van der Waals surface area contributed by atoms with Crippen LogP contribution >= 0.6 is 0 Å². The Morgan fingerprint density at radius 3 is 2.50 bits per heavy atom. The molecule has 1 aliphatic heterocycles. The monoisotopic (exact) mass is 273 g/mol. The molecule has 0 atom stereocenters. The van der Waals surface area contributed by atoms with Crippen LogP contribution in [0.4, 0.5) is 5.69 Å². The Kier molecular flexibility index (Phi) is 4.58. The maximum absolute atomic E-state index is 3.56. The second-order valence-corrected chi connectivity index (χ2v) is 6.29. The van der Waals surface area contributed by atoms with Gasteiger partial charge < -0.3 is 15.1 Å². The molecule has 1 aliphatic carbocycles. The summed E-state index contributed by atoms with van der Waals surface area (Å²) in [5.74, 6) is 0. The molecule has 1 heterocycles. The number of anilines is 1.